The number of rotatable bonds is 3. The van der Waals surface area contributed by atoms with E-state index in [1.807, 2.05) is 13.8 Å². The zero-order valence-corrected chi connectivity index (χ0v) is 14.1. The van der Waals surface area contributed by atoms with E-state index in [9.17, 15) is 18.4 Å². The molecule has 1 saturated heterocycles. The number of carbonyl (C=O) groups is 1. The van der Waals surface area contributed by atoms with Crippen LogP contribution in [-0.4, -0.2) is 35.9 Å². The topological polar surface area (TPSA) is 59.8 Å². The highest BCUT2D eigenvalue weighted by Crippen LogP contribution is 2.28. The first-order valence-corrected chi connectivity index (χ1v) is 8.17. The normalized spacial score (nSPS) is 17.1. The summed E-state index contributed by atoms with van der Waals surface area (Å²) in [6.45, 7) is 3.27. The molecular weight excluding hydrogens is 332 g/mol. The number of piperidine rings is 1. The maximum Gasteiger partial charge on any atom is 0.349 e. The third kappa shape index (κ3) is 3.81. The number of nitrogens with zero attached hydrogens (tertiary/aromatic N) is 1. The summed E-state index contributed by atoms with van der Waals surface area (Å²) in [7, 11) is 0. The number of ether oxygens (including phenoxy) is 1. The second-order valence-corrected chi connectivity index (χ2v) is 6.50. The number of likely N-dealkylation sites (tertiary alicyclic amines) is 1. The smallest absolute Gasteiger partial charge is 0.349 e. The van der Waals surface area contributed by atoms with Gasteiger partial charge in [-0.2, -0.15) is 0 Å². The number of hydrogen-bond donors (Lipinski definition) is 0. The second kappa shape index (κ2) is 6.46. The molecule has 0 N–H and O–H groups in total. The molecule has 1 aromatic heterocycles. The first-order chi connectivity index (χ1) is 11.7. The van der Waals surface area contributed by atoms with Crippen molar-refractivity contribution in [2.24, 2.45) is 0 Å². The summed E-state index contributed by atoms with van der Waals surface area (Å²) in [6, 6.07) is 6.32. The van der Waals surface area contributed by atoms with Gasteiger partial charge in [0.1, 0.15) is 16.9 Å². The van der Waals surface area contributed by atoms with Gasteiger partial charge in [-0.05, 0) is 38.5 Å². The van der Waals surface area contributed by atoms with E-state index in [2.05, 4.69) is 0 Å². The summed E-state index contributed by atoms with van der Waals surface area (Å²) in [6.07, 6.45) is -0.0826. The molecule has 2 heterocycles. The van der Waals surface area contributed by atoms with Crippen molar-refractivity contribution in [3.63, 3.8) is 0 Å². The third-order valence-electron chi connectivity index (χ3n) is 3.99. The molecule has 1 aromatic carbocycles. The van der Waals surface area contributed by atoms with Crippen molar-refractivity contribution >= 4 is 16.9 Å². The Bertz CT molecular complexity index is 860. The van der Waals surface area contributed by atoms with Gasteiger partial charge in [-0.25, -0.2) is 13.6 Å². The molecule has 25 heavy (non-hydrogen) atoms. The van der Waals surface area contributed by atoms with Crippen LogP contribution in [0.3, 0.4) is 0 Å². The molecule has 3 rings (SSSR count). The average molecular weight is 351 g/mol. The lowest BCUT2D eigenvalue weighted by Gasteiger charge is -2.32. The third-order valence-corrected chi connectivity index (χ3v) is 3.99. The highest BCUT2D eigenvalue weighted by Gasteiger charge is 2.38. The van der Waals surface area contributed by atoms with Crippen molar-refractivity contribution in [2.45, 2.75) is 38.7 Å². The van der Waals surface area contributed by atoms with Gasteiger partial charge < -0.3 is 14.1 Å². The zero-order valence-electron chi connectivity index (χ0n) is 14.1. The summed E-state index contributed by atoms with van der Waals surface area (Å²) in [5, 5.41) is 0.530. The highest BCUT2D eigenvalue weighted by atomic mass is 19.3. The van der Waals surface area contributed by atoms with Gasteiger partial charge in [-0.15, -0.1) is 0 Å². The van der Waals surface area contributed by atoms with Crippen LogP contribution in [0.5, 0.6) is 5.75 Å². The molecule has 134 valence electrons. The first kappa shape index (κ1) is 17.4. The van der Waals surface area contributed by atoms with Crippen LogP contribution in [0.4, 0.5) is 8.78 Å². The van der Waals surface area contributed by atoms with Crippen LogP contribution in [0.2, 0.25) is 0 Å². The van der Waals surface area contributed by atoms with E-state index in [0.717, 1.165) is 4.90 Å². The number of amides is 1. The van der Waals surface area contributed by atoms with Crippen molar-refractivity contribution in [2.75, 3.05) is 13.1 Å². The number of halogens is 2. The lowest BCUT2D eigenvalue weighted by Crippen LogP contribution is -2.46. The SMILES string of the molecule is CC(C)Oc1ccc2cc(C(=O)N3CCCC(F)(F)C3)c(=O)oc2c1. The quantitative estimate of drug-likeness (QED) is 0.795. The Morgan fingerprint density at radius 1 is 1.32 bits per heavy atom. The van der Waals surface area contributed by atoms with E-state index in [0.29, 0.717) is 11.1 Å². The van der Waals surface area contributed by atoms with Crippen molar-refractivity contribution in [3.8, 4) is 5.75 Å². The first-order valence-electron chi connectivity index (χ1n) is 8.17. The molecule has 2 aromatic rings. The molecule has 0 saturated carbocycles. The zero-order chi connectivity index (χ0) is 18.2. The number of hydrogen-bond acceptors (Lipinski definition) is 4. The van der Waals surface area contributed by atoms with Crippen LogP contribution in [-0.2, 0) is 0 Å². The number of fused-ring (bicyclic) bond motifs is 1. The predicted octanol–water partition coefficient (Wildman–Crippen LogP) is 3.45. The number of alkyl halides is 2. The van der Waals surface area contributed by atoms with Gasteiger partial charge in [0.05, 0.1) is 12.6 Å². The van der Waals surface area contributed by atoms with Gasteiger partial charge in [0, 0.05) is 24.4 Å². The Morgan fingerprint density at radius 3 is 2.76 bits per heavy atom. The molecule has 0 atom stereocenters. The molecule has 1 aliphatic rings. The minimum absolute atomic E-state index is 0.0363. The molecule has 0 spiro atoms. The minimum atomic E-state index is -2.92. The molecule has 1 amide bonds. The van der Waals surface area contributed by atoms with E-state index < -0.39 is 24.0 Å². The van der Waals surface area contributed by atoms with Gasteiger partial charge in [0.15, 0.2) is 0 Å². The van der Waals surface area contributed by atoms with Crippen LogP contribution >= 0.6 is 0 Å². The van der Waals surface area contributed by atoms with Crippen LogP contribution in [0.25, 0.3) is 11.0 Å². The number of benzene rings is 1. The van der Waals surface area contributed by atoms with Crippen molar-refractivity contribution in [3.05, 3.63) is 40.2 Å². The Labute approximate surface area is 143 Å². The fourth-order valence-corrected chi connectivity index (χ4v) is 2.90. The predicted molar refractivity (Wildman–Crippen MR) is 88.3 cm³/mol. The van der Waals surface area contributed by atoms with E-state index in [1.165, 1.54) is 6.07 Å². The minimum Gasteiger partial charge on any atom is -0.491 e. The van der Waals surface area contributed by atoms with Crippen LogP contribution in [0, 0.1) is 0 Å². The molecule has 0 unspecified atom stereocenters. The maximum atomic E-state index is 13.5. The number of carbonyl (C=O) groups excluding carboxylic acids is 1. The molecular formula is C18H19F2NO4. The maximum absolute atomic E-state index is 13.5. The molecule has 7 heteroatoms. The van der Waals surface area contributed by atoms with E-state index >= 15 is 0 Å². The van der Waals surface area contributed by atoms with Gasteiger partial charge in [0.25, 0.3) is 11.8 Å². The van der Waals surface area contributed by atoms with Crippen LogP contribution < -0.4 is 10.4 Å². The highest BCUT2D eigenvalue weighted by molar-refractivity contribution is 5.96. The molecule has 1 aliphatic heterocycles. The van der Waals surface area contributed by atoms with Gasteiger partial charge in [-0.3, -0.25) is 4.79 Å². The molecule has 0 radical (unpaired) electrons. The summed E-state index contributed by atoms with van der Waals surface area (Å²) in [4.78, 5) is 25.7. The Hall–Kier alpha value is -2.44. The van der Waals surface area contributed by atoms with Crippen LogP contribution in [0.15, 0.2) is 33.5 Å². The van der Waals surface area contributed by atoms with Gasteiger partial charge >= 0.3 is 5.63 Å². The van der Waals surface area contributed by atoms with Crippen molar-refractivity contribution in [1.82, 2.24) is 4.90 Å². The van der Waals surface area contributed by atoms with E-state index in [-0.39, 0.29) is 36.6 Å². The lowest BCUT2D eigenvalue weighted by atomic mass is 10.1. The molecule has 0 aliphatic carbocycles. The summed E-state index contributed by atoms with van der Waals surface area (Å²) in [5.41, 5.74) is -0.792. The van der Waals surface area contributed by atoms with E-state index in [1.54, 1.807) is 18.2 Å². The van der Waals surface area contributed by atoms with E-state index in [4.69, 9.17) is 9.15 Å². The Morgan fingerprint density at radius 2 is 2.08 bits per heavy atom. The monoisotopic (exact) mass is 351 g/mol. The molecule has 0 bridgehead atoms. The Balaban J connectivity index is 1.93. The van der Waals surface area contributed by atoms with Gasteiger partial charge in [-0.1, -0.05) is 0 Å². The van der Waals surface area contributed by atoms with Gasteiger partial charge in [0.2, 0.25) is 0 Å². The Kier molecular flexibility index (Phi) is 4.49. The standard InChI is InChI=1S/C18H19F2NO4/c1-11(2)24-13-5-4-12-8-14(17(23)25-15(12)9-13)16(22)21-7-3-6-18(19,20)10-21/h4-5,8-9,11H,3,6-7,10H2,1-2H3. The average Bonchev–Trinajstić information content (AvgIpc) is 2.52. The lowest BCUT2D eigenvalue weighted by molar-refractivity contribution is -0.0561. The fourth-order valence-electron chi connectivity index (χ4n) is 2.90. The largest absolute Gasteiger partial charge is 0.491 e. The van der Waals surface area contributed by atoms with Crippen molar-refractivity contribution in [1.29, 1.82) is 0 Å². The molecule has 1 fully saturated rings. The van der Waals surface area contributed by atoms with Crippen molar-refractivity contribution < 1.29 is 22.7 Å². The second-order valence-electron chi connectivity index (χ2n) is 6.50. The molecule has 5 nitrogen and oxygen atoms in total. The summed E-state index contributed by atoms with van der Waals surface area (Å²) >= 11 is 0. The van der Waals surface area contributed by atoms with Crippen LogP contribution in [0.1, 0.15) is 37.0 Å². The summed E-state index contributed by atoms with van der Waals surface area (Å²) < 4.78 is 37.8. The summed E-state index contributed by atoms with van der Waals surface area (Å²) in [5.74, 6) is -3.11. The fraction of sp³-hybridized carbons (Fsp3) is 0.444.